The highest BCUT2D eigenvalue weighted by Gasteiger charge is 2.31. The second-order valence-corrected chi connectivity index (χ2v) is 5.20. The Kier molecular flexibility index (Phi) is 4.71. The largest absolute Gasteiger partial charge is 0.326 e. The van der Waals surface area contributed by atoms with E-state index < -0.39 is 0 Å². The lowest BCUT2D eigenvalue weighted by Crippen LogP contribution is -2.55. The van der Waals surface area contributed by atoms with Crippen molar-refractivity contribution in [2.45, 2.75) is 44.7 Å². The molecule has 0 saturated carbocycles. The Morgan fingerprint density at radius 2 is 2.18 bits per heavy atom. The average molecular weight is 238 g/mol. The smallest absolute Gasteiger partial charge is 0.0492 e. The van der Waals surface area contributed by atoms with Crippen LogP contribution in [0.15, 0.2) is 12.3 Å². The van der Waals surface area contributed by atoms with Gasteiger partial charge < -0.3 is 10.6 Å². The fourth-order valence-electron chi connectivity index (χ4n) is 2.17. The van der Waals surface area contributed by atoms with Gasteiger partial charge in [-0.1, -0.05) is 6.92 Å². The second kappa shape index (κ2) is 5.65. The molecule has 17 heavy (non-hydrogen) atoms. The first kappa shape index (κ1) is 14.2. The highest BCUT2D eigenvalue weighted by Crippen LogP contribution is 2.22. The van der Waals surface area contributed by atoms with Crippen molar-refractivity contribution >= 4 is 0 Å². The summed E-state index contributed by atoms with van der Waals surface area (Å²) in [5.74, 6) is 0. The fourth-order valence-corrected chi connectivity index (χ4v) is 2.17. The molecule has 0 saturated heterocycles. The molecular formula is C13H26N4. The number of aromatic nitrogens is 2. The Bertz CT molecular complexity index is 345. The van der Waals surface area contributed by atoms with Gasteiger partial charge in [-0.05, 0) is 46.3 Å². The van der Waals surface area contributed by atoms with Crippen molar-refractivity contribution in [2.75, 3.05) is 14.1 Å². The third-order valence-corrected chi connectivity index (χ3v) is 4.17. The van der Waals surface area contributed by atoms with Crippen LogP contribution >= 0.6 is 0 Å². The van der Waals surface area contributed by atoms with Gasteiger partial charge in [0.15, 0.2) is 0 Å². The van der Waals surface area contributed by atoms with Gasteiger partial charge in [-0.25, -0.2) is 0 Å². The Labute approximate surface area is 105 Å². The molecule has 0 spiro atoms. The first-order chi connectivity index (χ1) is 7.91. The summed E-state index contributed by atoms with van der Waals surface area (Å²) in [5, 5.41) is 4.18. The van der Waals surface area contributed by atoms with Crippen molar-refractivity contribution in [1.29, 1.82) is 0 Å². The van der Waals surface area contributed by atoms with E-state index in [0.717, 1.165) is 19.3 Å². The molecule has 2 N–H and O–H groups in total. The molecule has 2 atom stereocenters. The number of nitrogens with two attached hydrogens (primary N) is 1. The molecule has 0 aliphatic rings. The standard InChI is InChI=1S/C13H26N4/c1-6-13(2,16(3)4)12(14)8-7-11-9-10-15-17(11)5/h9-10,12H,6-8,14H2,1-5H3. The molecule has 1 rings (SSSR count). The lowest BCUT2D eigenvalue weighted by atomic mass is 9.85. The Hall–Kier alpha value is -0.870. The molecule has 0 bridgehead atoms. The molecule has 4 nitrogen and oxygen atoms in total. The summed E-state index contributed by atoms with van der Waals surface area (Å²) in [6, 6.07) is 2.24. The summed E-state index contributed by atoms with van der Waals surface area (Å²) < 4.78 is 1.92. The molecule has 2 unspecified atom stereocenters. The molecule has 0 radical (unpaired) electrons. The molecule has 1 heterocycles. The molecule has 1 aromatic rings. The monoisotopic (exact) mass is 238 g/mol. The third-order valence-electron chi connectivity index (χ3n) is 4.17. The van der Waals surface area contributed by atoms with Crippen LogP contribution in [0.1, 0.15) is 32.4 Å². The second-order valence-electron chi connectivity index (χ2n) is 5.20. The summed E-state index contributed by atoms with van der Waals surface area (Å²) in [6.07, 6.45) is 4.88. The maximum absolute atomic E-state index is 6.36. The summed E-state index contributed by atoms with van der Waals surface area (Å²) in [5.41, 5.74) is 7.67. The van der Waals surface area contributed by atoms with Gasteiger partial charge in [-0.15, -0.1) is 0 Å². The Morgan fingerprint density at radius 3 is 2.59 bits per heavy atom. The summed E-state index contributed by atoms with van der Waals surface area (Å²) >= 11 is 0. The van der Waals surface area contributed by atoms with Crippen molar-refractivity contribution in [1.82, 2.24) is 14.7 Å². The quantitative estimate of drug-likeness (QED) is 0.815. The van der Waals surface area contributed by atoms with Gasteiger partial charge in [0.2, 0.25) is 0 Å². The molecule has 1 aromatic heterocycles. The number of likely N-dealkylation sites (N-methyl/N-ethyl adjacent to an activating group) is 1. The Morgan fingerprint density at radius 1 is 1.53 bits per heavy atom. The predicted octanol–water partition coefficient (Wildman–Crippen LogP) is 1.41. The van der Waals surface area contributed by atoms with Gasteiger partial charge >= 0.3 is 0 Å². The van der Waals surface area contributed by atoms with E-state index in [-0.39, 0.29) is 11.6 Å². The van der Waals surface area contributed by atoms with Crippen LogP contribution in [0.2, 0.25) is 0 Å². The van der Waals surface area contributed by atoms with Crippen molar-refractivity contribution in [3.05, 3.63) is 18.0 Å². The van der Waals surface area contributed by atoms with E-state index in [2.05, 4.69) is 44.0 Å². The first-order valence-electron chi connectivity index (χ1n) is 6.31. The molecule has 0 amide bonds. The van der Waals surface area contributed by atoms with E-state index in [4.69, 9.17) is 5.73 Å². The number of hydrogen-bond acceptors (Lipinski definition) is 3. The first-order valence-corrected chi connectivity index (χ1v) is 6.31. The van der Waals surface area contributed by atoms with Crippen LogP contribution in [0.3, 0.4) is 0 Å². The van der Waals surface area contributed by atoms with Crippen LogP contribution in [0.5, 0.6) is 0 Å². The number of rotatable bonds is 6. The zero-order valence-electron chi connectivity index (χ0n) is 11.8. The van der Waals surface area contributed by atoms with Crippen molar-refractivity contribution < 1.29 is 0 Å². The maximum Gasteiger partial charge on any atom is 0.0492 e. The number of aryl methyl sites for hydroxylation is 2. The minimum absolute atomic E-state index is 0.0680. The summed E-state index contributed by atoms with van der Waals surface area (Å²) in [6.45, 7) is 4.44. The van der Waals surface area contributed by atoms with Gasteiger partial charge in [0.25, 0.3) is 0 Å². The van der Waals surface area contributed by atoms with Crippen molar-refractivity contribution in [3.8, 4) is 0 Å². The topological polar surface area (TPSA) is 47.1 Å². The van der Waals surface area contributed by atoms with Gasteiger partial charge in [0, 0.05) is 30.5 Å². The highest BCUT2D eigenvalue weighted by atomic mass is 15.3. The highest BCUT2D eigenvalue weighted by molar-refractivity contribution is 5.02. The van der Waals surface area contributed by atoms with E-state index >= 15 is 0 Å². The zero-order chi connectivity index (χ0) is 13.1. The van der Waals surface area contributed by atoms with Crippen LogP contribution < -0.4 is 5.73 Å². The molecule has 0 aromatic carbocycles. The van der Waals surface area contributed by atoms with Gasteiger partial charge in [-0.3, -0.25) is 4.68 Å². The van der Waals surface area contributed by atoms with Gasteiger partial charge in [0.05, 0.1) is 0 Å². The fraction of sp³-hybridized carbons (Fsp3) is 0.769. The number of hydrogen-bond donors (Lipinski definition) is 1. The van der Waals surface area contributed by atoms with E-state index in [1.54, 1.807) is 0 Å². The van der Waals surface area contributed by atoms with Gasteiger partial charge in [-0.2, -0.15) is 5.10 Å². The minimum atomic E-state index is 0.0680. The normalized spacial score (nSPS) is 17.1. The molecular weight excluding hydrogens is 212 g/mol. The van der Waals surface area contributed by atoms with E-state index in [0.29, 0.717) is 0 Å². The lowest BCUT2D eigenvalue weighted by molar-refractivity contribution is 0.127. The van der Waals surface area contributed by atoms with Crippen LogP contribution in [0.4, 0.5) is 0 Å². The van der Waals surface area contributed by atoms with Crippen LogP contribution in [-0.2, 0) is 13.5 Å². The van der Waals surface area contributed by atoms with Gasteiger partial charge in [0.1, 0.15) is 0 Å². The van der Waals surface area contributed by atoms with Crippen LogP contribution in [0.25, 0.3) is 0 Å². The molecule has 0 fully saturated rings. The predicted molar refractivity (Wildman–Crippen MR) is 71.9 cm³/mol. The zero-order valence-corrected chi connectivity index (χ0v) is 11.8. The maximum atomic E-state index is 6.36. The van der Waals surface area contributed by atoms with Crippen LogP contribution in [0, 0.1) is 0 Å². The lowest BCUT2D eigenvalue weighted by Gasteiger charge is -2.41. The Balaban J connectivity index is 2.60. The molecule has 0 aliphatic heterocycles. The van der Waals surface area contributed by atoms with Crippen molar-refractivity contribution in [3.63, 3.8) is 0 Å². The molecule has 0 aliphatic carbocycles. The number of nitrogens with zero attached hydrogens (tertiary/aromatic N) is 3. The molecule has 4 heteroatoms. The van der Waals surface area contributed by atoms with Crippen molar-refractivity contribution in [2.24, 2.45) is 12.8 Å². The molecule has 98 valence electrons. The third kappa shape index (κ3) is 3.07. The average Bonchev–Trinajstić information content (AvgIpc) is 2.70. The van der Waals surface area contributed by atoms with E-state index in [1.165, 1.54) is 5.69 Å². The summed E-state index contributed by atoms with van der Waals surface area (Å²) in [4.78, 5) is 2.24. The van der Waals surface area contributed by atoms with E-state index in [9.17, 15) is 0 Å². The summed E-state index contributed by atoms with van der Waals surface area (Å²) in [7, 11) is 6.19. The SMILES string of the molecule is CCC(C)(C(N)CCc1ccnn1C)N(C)C. The van der Waals surface area contributed by atoms with E-state index in [1.807, 2.05) is 17.9 Å². The minimum Gasteiger partial charge on any atom is -0.326 e. The van der Waals surface area contributed by atoms with Crippen LogP contribution in [-0.4, -0.2) is 40.4 Å².